The molecule has 0 unspecified atom stereocenters. The summed E-state index contributed by atoms with van der Waals surface area (Å²) in [6.07, 6.45) is 17.3. The Kier molecular flexibility index (Phi) is 9.47. The molecule has 8 heterocycles. The van der Waals surface area contributed by atoms with E-state index in [4.69, 9.17) is 14.2 Å². The highest BCUT2D eigenvalue weighted by atomic mass is 16.5. The van der Waals surface area contributed by atoms with Gasteiger partial charge < -0.3 is 46.1 Å². The van der Waals surface area contributed by atoms with E-state index in [2.05, 4.69) is 31.9 Å². The highest BCUT2D eigenvalue weighted by Crippen LogP contribution is 2.52. The largest absolute Gasteiger partial charge is 0.380 e. The monoisotopic (exact) mass is 602 g/mol. The van der Waals surface area contributed by atoms with Crippen molar-refractivity contribution in [2.45, 2.75) is 88.2 Å². The third-order valence-electron chi connectivity index (χ3n) is 12.5. The van der Waals surface area contributed by atoms with Crippen LogP contribution in [0, 0.1) is 21.7 Å². The van der Waals surface area contributed by atoms with Crippen molar-refractivity contribution in [2.24, 2.45) is 21.7 Å². The Balaban J connectivity index is 0.0000000839. The van der Waals surface area contributed by atoms with E-state index < -0.39 is 0 Å². The van der Waals surface area contributed by atoms with Crippen molar-refractivity contribution in [1.82, 2.24) is 31.9 Å². The minimum absolute atomic E-state index is 0.318. The molecule has 8 aliphatic heterocycles. The first-order valence-electron chi connectivity index (χ1n) is 18.1. The minimum Gasteiger partial charge on any atom is -0.380 e. The van der Waals surface area contributed by atoms with Gasteiger partial charge in [-0.3, -0.25) is 0 Å². The average Bonchev–Trinajstić information content (AvgIpc) is 3.71. The summed E-state index contributed by atoms with van der Waals surface area (Å²) in [5, 5.41) is 19.9. The second-order valence-electron chi connectivity index (χ2n) is 16.5. The molecule has 9 nitrogen and oxygen atoms in total. The lowest BCUT2D eigenvalue weighted by atomic mass is 9.80. The van der Waals surface area contributed by atoms with Gasteiger partial charge in [-0.1, -0.05) is 0 Å². The predicted octanol–water partition coefficient (Wildman–Crippen LogP) is 1.77. The number of ether oxygens (including phenoxy) is 3. The van der Waals surface area contributed by atoms with Crippen molar-refractivity contribution in [2.75, 3.05) is 105 Å². The molecule has 12 fully saturated rings. The summed E-state index contributed by atoms with van der Waals surface area (Å²) in [6, 6.07) is 0. The lowest BCUT2D eigenvalue weighted by Crippen LogP contribution is -2.68. The van der Waals surface area contributed by atoms with Crippen LogP contribution in [0.15, 0.2) is 0 Å². The molecule has 6 N–H and O–H groups in total. The lowest BCUT2D eigenvalue weighted by molar-refractivity contribution is -0.139. The third-order valence-corrected chi connectivity index (χ3v) is 12.5. The Hall–Kier alpha value is -0.360. The zero-order valence-corrected chi connectivity index (χ0v) is 27.0. The molecule has 4 saturated carbocycles. The smallest absolute Gasteiger partial charge is 0.0809 e. The van der Waals surface area contributed by atoms with Crippen LogP contribution in [0.3, 0.4) is 0 Å². The van der Waals surface area contributed by atoms with Gasteiger partial charge in [-0.2, -0.15) is 0 Å². The fraction of sp³-hybridized carbons (Fsp3) is 1.00. The van der Waals surface area contributed by atoms with E-state index in [0.29, 0.717) is 16.6 Å². The van der Waals surface area contributed by atoms with Gasteiger partial charge in [0.25, 0.3) is 0 Å². The zero-order valence-electron chi connectivity index (χ0n) is 27.0. The Morgan fingerprint density at radius 2 is 0.907 bits per heavy atom. The Morgan fingerprint density at radius 1 is 0.372 bits per heavy atom. The van der Waals surface area contributed by atoms with Crippen LogP contribution < -0.4 is 31.9 Å². The van der Waals surface area contributed by atoms with E-state index in [1.54, 1.807) is 0 Å². The number of morpholine rings is 1. The molecule has 4 aliphatic carbocycles. The predicted molar refractivity (Wildman–Crippen MR) is 171 cm³/mol. The van der Waals surface area contributed by atoms with E-state index in [9.17, 15) is 0 Å². The SMILES string of the molecule is C1CC12CNC2.C1CC2(CC2)CN1.C1CC2(CCN1)CC2.C1CC2(COC2)N1.C1COC2(CC2)CN1.C1NCC12COC2. The van der Waals surface area contributed by atoms with Crippen molar-refractivity contribution >= 4 is 0 Å². The molecule has 0 aromatic heterocycles. The number of hydrogen-bond donors (Lipinski definition) is 6. The van der Waals surface area contributed by atoms with Gasteiger partial charge in [0.05, 0.1) is 44.2 Å². The van der Waals surface area contributed by atoms with Crippen molar-refractivity contribution in [3.63, 3.8) is 0 Å². The fourth-order valence-electron chi connectivity index (χ4n) is 7.36. The summed E-state index contributed by atoms with van der Waals surface area (Å²) >= 11 is 0. The molecule has 0 aromatic carbocycles. The summed E-state index contributed by atoms with van der Waals surface area (Å²) in [5.74, 6) is 0. The van der Waals surface area contributed by atoms with Gasteiger partial charge in [0.2, 0.25) is 0 Å². The normalized spacial score (nSPS) is 34.0. The zero-order chi connectivity index (χ0) is 29.2. The van der Waals surface area contributed by atoms with Gasteiger partial charge in [0.1, 0.15) is 0 Å². The summed E-state index contributed by atoms with van der Waals surface area (Å²) in [4.78, 5) is 0. The maximum Gasteiger partial charge on any atom is 0.0809 e. The molecule has 0 amide bonds. The van der Waals surface area contributed by atoms with Gasteiger partial charge in [-0.25, -0.2) is 0 Å². The van der Waals surface area contributed by atoms with E-state index in [1.807, 2.05) is 0 Å². The van der Waals surface area contributed by atoms with Crippen molar-refractivity contribution in [3.8, 4) is 0 Å². The maximum absolute atomic E-state index is 5.51. The fourth-order valence-corrected chi connectivity index (χ4v) is 7.36. The molecule has 12 aliphatic rings. The highest BCUT2D eigenvalue weighted by Gasteiger charge is 2.48. The third kappa shape index (κ3) is 8.33. The Morgan fingerprint density at radius 3 is 1.09 bits per heavy atom. The second-order valence-corrected chi connectivity index (χ2v) is 16.5. The summed E-state index contributed by atoms with van der Waals surface area (Å²) in [6.45, 7) is 18.3. The Bertz CT molecular complexity index is 789. The first kappa shape index (κ1) is 31.3. The maximum atomic E-state index is 5.51. The van der Waals surface area contributed by atoms with Crippen molar-refractivity contribution in [3.05, 3.63) is 0 Å². The van der Waals surface area contributed by atoms with Crippen LogP contribution >= 0.6 is 0 Å². The van der Waals surface area contributed by atoms with E-state index in [0.717, 1.165) is 62.4 Å². The van der Waals surface area contributed by atoms with Crippen molar-refractivity contribution in [1.29, 1.82) is 0 Å². The molecule has 246 valence electrons. The molecule has 9 heteroatoms. The molecule has 0 bridgehead atoms. The molecular weight excluding hydrogens is 540 g/mol. The van der Waals surface area contributed by atoms with E-state index in [-0.39, 0.29) is 0 Å². The highest BCUT2D eigenvalue weighted by molar-refractivity contribution is 5.03. The first-order chi connectivity index (χ1) is 21.0. The van der Waals surface area contributed by atoms with Crippen LogP contribution in [0.25, 0.3) is 0 Å². The van der Waals surface area contributed by atoms with Gasteiger partial charge in [-0.05, 0) is 119 Å². The number of nitrogens with one attached hydrogen (secondary N) is 6. The first-order valence-corrected chi connectivity index (χ1v) is 18.1. The number of piperidine rings is 1. The molecule has 6 spiro atoms. The summed E-state index contributed by atoms with van der Waals surface area (Å²) < 4.78 is 15.6. The molecule has 0 radical (unpaired) electrons. The Labute approximate surface area is 260 Å². The van der Waals surface area contributed by atoms with Crippen LogP contribution in [0.5, 0.6) is 0 Å². The molecule has 0 atom stereocenters. The van der Waals surface area contributed by atoms with Crippen LogP contribution in [0.4, 0.5) is 0 Å². The molecule has 43 heavy (non-hydrogen) atoms. The van der Waals surface area contributed by atoms with Gasteiger partial charge in [-0.15, -0.1) is 0 Å². The molecule has 8 saturated heterocycles. The molecular formula is C34H62N6O3. The number of hydrogen-bond acceptors (Lipinski definition) is 9. The second kappa shape index (κ2) is 13.0. The molecule has 0 aromatic rings. The van der Waals surface area contributed by atoms with Crippen LogP contribution in [-0.4, -0.2) is 116 Å². The quantitative estimate of drug-likeness (QED) is 0.248. The standard InChI is InChI=1S/C7H13N.C6H11NO.C6H11N.2C5H9NO.C5H9N/c1-2-7(1)3-5-8-6-4-7;1-2-6(1)5-7-3-4-8-6;1-2-6(1)3-4-7-5-6;1-5(2-6-1)3-7-4-5;1-2-6-5(1)3-7-4-5;1-2-5(1)3-6-4-5/h8H,1-6H2;7H,1-5H2;7H,1-5H2;2*6H,1-4H2;6H,1-4H2. The lowest BCUT2D eigenvalue weighted by Gasteiger charge is -2.49. The van der Waals surface area contributed by atoms with Gasteiger partial charge in [0.15, 0.2) is 0 Å². The summed E-state index contributed by atoms with van der Waals surface area (Å²) in [7, 11) is 0. The van der Waals surface area contributed by atoms with E-state index >= 15 is 0 Å². The molecule has 12 rings (SSSR count). The number of rotatable bonds is 0. The van der Waals surface area contributed by atoms with Crippen LogP contribution in [0.1, 0.15) is 77.0 Å². The van der Waals surface area contributed by atoms with Crippen molar-refractivity contribution < 1.29 is 14.2 Å². The van der Waals surface area contributed by atoms with Crippen LogP contribution in [0.2, 0.25) is 0 Å². The minimum atomic E-state index is 0.318. The van der Waals surface area contributed by atoms with Crippen LogP contribution in [-0.2, 0) is 14.2 Å². The van der Waals surface area contributed by atoms with E-state index in [1.165, 1.54) is 136 Å². The topological polar surface area (TPSA) is 99.9 Å². The van der Waals surface area contributed by atoms with Gasteiger partial charge in [0, 0.05) is 51.2 Å². The average molecular weight is 603 g/mol. The van der Waals surface area contributed by atoms with Gasteiger partial charge >= 0.3 is 0 Å². The summed E-state index contributed by atoms with van der Waals surface area (Å²) in [5.41, 5.74) is 3.96.